The van der Waals surface area contributed by atoms with Gasteiger partial charge in [-0.25, -0.2) is 4.98 Å². The average molecular weight is 232 g/mol. The summed E-state index contributed by atoms with van der Waals surface area (Å²) in [5, 5.41) is 4.00. The third-order valence-electron chi connectivity index (χ3n) is 2.46. The molecule has 2 N–H and O–H groups in total. The molecule has 0 aliphatic rings. The highest BCUT2D eigenvalue weighted by atomic mass is 16.5. The van der Waals surface area contributed by atoms with E-state index in [1.54, 1.807) is 4.68 Å². The summed E-state index contributed by atoms with van der Waals surface area (Å²) in [5.74, 6) is 1.70. The van der Waals surface area contributed by atoms with Gasteiger partial charge in [-0.2, -0.15) is 5.10 Å². The highest BCUT2D eigenvalue weighted by molar-refractivity contribution is 5.20. The van der Waals surface area contributed by atoms with Crippen molar-refractivity contribution < 1.29 is 4.74 Å². The summed E-state index contributed by atoms with van der Waals surface area (Å²) < 4.78 is 7.30. The van der Waals surface area contributed by atoms with Gasteiger partial charge in [-0.15, -0.1) is 0 Å². The summed E-state index contributed by atoms with van der Waals surface area (Å²) >= 11 is 0. The van der Waals surface area contributed by atoms with Gasteiger partial charge in [0, 0.05) is 19.5 Å². The zero-order valence-corrected chi connectivity index (χ0v) is 9.78. The van der Waals surface area contributed by atoms with Crippen molar-refractivity contribution in [3.63, 3.8) is 0 Å². The van der Waals surface area contributed by atoms with Crippen LogP contribution in [0.5, 0.6) is 5.75 Å². The maximum Gasteiger partial charge on any atom is 0.138 e. The van der Waals surface area contributed by atoms with Crippen LogP contribution in [-0.4, -0.2) is 27.4 Å². The normalized spacial score (nSPS) is 12.4. The van der Waals surface area contributed by atoms with Gasteiger partial charge in [0.25, 0.3) is 0 Å². The maximum atomic E-state index is 5.98. The third-order valence-corrected chi connectivity index (χ3v) is 2.46. The van der Waals surface area contributed by atoms with Crippen molar-refractivity contribution in [1.29, 1.82) is 0 Å². The molecule has 90 valence electrons. The van der Waals surface area contributed by atoms with Crippen LogP contribution in [0.4, 0.5) is 0 Å². The molecule has 17 heavy (non-hydrogen) atoms. The van der Waals surface area contributed by atoms with E-state index in [4.69, 9.17) is 10.5 Å². The molecule has 1 atom stereocenters. The smallest absolute Gasteiger partial charge is 0.138 e. The number of nitrogens with two attached hydrogens (primary N) is 1. The lowest BCUT2D eigenvalue weighted by Crippen LogP contribution is -2.31. The lowest BCUT2D eigenvalue weighted by atomic mass is 10.2. The Morgan fingerprint density at radius 2 is 2.12 bits per heavy atom. The minimum atomic E-state index is -0.0851. The molecule has 0 bridgehead atoms. The monoisotopic (exact) mass is 232 g/mol. The fourth-order valence-corrected chi connectivity index (χ4v) is 1.52. The molecule has 0 saturated heterocycles. The number of nitrogens with zero attached hydrogens (tertiary/aromatic N) is 3. The summed E-state index contributed by atoms with van der Waals surface area (Å²) in [6.07, 6.45) is 2.18. The van der Waals surface area contributed by atoms with Gasteiger partial charge in [0.2, 0.25) is 0 Å². The second kappa shape index (κ2) is 5.45. The van der Waals surface area contributed by atoms with Crippen molar-refractivity contribution in [3.8, 4) is 5.75 Å². The van der Waals surface area contributed by atoms with Crippen LogP contribution < -0.4 is 10.5 Å². The Labute approximate surface area is 100 Å². The first-order valence-electron chi connectivity index (χ1n) is 5.52. The molecule has 2 aromatic rings. The van der Waals surface area contributed by atoms with Crippen LogP contribution >= 0.6 is 0 Å². The van der Waals surface area contributed by atoms with E-state index in [0.717, 1.165) is 11.6 Å². The second-order valence-corrected chi connectivity index (χ2v) is 3.89. The van der Waals surface area contributed by atoms with E-state index in [0.29, 0.717) is 13.0 Å². The molecule has 0 aliphatic heterocycles. The van der Waals surface area contributed by atoms with Crippen molar-refractivity contribution in [1.82, 2.24) is 14.8 Å². The van der Waals surface area contributed by atoms with Gasteiger partial charge in [0.15, 0.2) is 0 Å². The van der Waals surface area contributed by atoms with E-state index >= 15 is 0 Å². The van der Waals surface area contributed by atoms with Crippen LogP contribution in [0.3, 0.4) is 0 Å². The molecule has 5 heteroatoms. The van der Waals surface area contributed by atoms with E-state index < -0.39 is 0 Å². The Kier molecular flexibility index (Phi) is 3.72. The molecule has 0 radical (unpaired) electrons. The SMILES string of the molecule is Cn1ncnc1CC(N)COc1ccccc1. The molecule has 2 rings (SSSR count). The number of rotatable bonds is 5. The second-order valence-electron chi connectivity index (χ2n) is 3.89. The standard InChI is InChI=1S/C12H16N4O/c1-16-12(14-9-15-16)7-10(13)8-17-11-5-3-2-4-6-11/h2-6,9-10H,7-8,13H2,1H3. The van der Waals surface area contributed by atoms with Gasteiger partial charge in [-0.1, -0.05) is 18.2 Å². The van der Waals surface area contributed by atoms with Crippen LogP contribution in [0.25, 0.3) is 0 Å². The Balaban J connectivity index is 1.82. The number of benzene rings is 1. The van der Waals surface area contributed by atoms with Gasteiger partial charge in [0.1, 0.15) is 24.5 Å². The van der Waals surface area contributed by atoms with Crippen molar-refractivity contribution >= 4 is 0 Å². The fraction of sp³-hybridized carbons (Fsp3) is 0.333. The topological polar surface area (TPSA) is 66.0 Å². The molecule has 0 aliphatic carbocycles. The molecule has 0 amide bonds. The average Bonchev–Trinajstić information content (AvgIpc) is 2.74. The molecule has 1 heterocycles. The molecule has 5 nitrogen and oxygen atoms in total. The predicted molar refractivity (Wildman–Crippen MR) is 64.6 cm³/mol. The van der Waals surface area contributed by atoms with E-state index in [1.165, 1.54) is 6.33 Å². The van der Waals surface area contributed by atoms with Gasteiger partial charge in [-0.05, 0) is 12.1 Å². The summed E-state index contributed by atoms with van der Waals surface area (Å²) in [4.78, 5) is 4.13. The largest absolute Gasteiger partial charge is 0.492 e. The quantitative estimate of drug-likeness (QED) is 0.826. The number of para-hydroxylation sites is 1. The van der Waals surface area contributed by atoms with Crippen LogP contribution in [-0.2, 0) is 13.5 Å². The Morgan fingerprint density at radius 3 is 2.76 bits per heavy atom. The van der Waals surface area contributed by atoms with Crippen LogP contribution in [0.15, 0.2) is 36.7 Å². The zero-order valence-electron chi connectivity index (χ0n) is 9.78. The van der Waals surface area contributed by atoms with Gasteiger partial charge in [0.05, 0.1) is 0 Å². The molecule has 1 aromatic carbocycles. The highest BCUT2D eigenvalue weighted by Crippen LogP contribution is 2.08. The predicted octanol–water partition coefficient (Wildman–Crippen LogP) is 0.764. The Bertz CT molecular complexity index is 455. The van der Waals surface area contributed by atoms with Crippen LogP contribution in [0.2, 0.25) is 0 Å². The van der Waals surface area contributed by atoms with Crippen molar-refractivity contribution in [2.24, 2.45) is 12.8 Å². The van der Waals surface area contributed by atoms with E-state index in [9.17, 15) is 0 Å². The summed E-state index contributed by atoms with van der Waals surface area (Å²) in [6.45, 7) is 0.469. The molecular formula is C12H16N4O. The lowest BCUT2D eigenvalue weighted by molar-refractivity contribution is 0.285. The number of aryl methyl sites for hydroxylation is 1. The Hall–Kier alpha value is -1.88. The van der Waals surface area contributed by atoms with Crippen LogP contribution in [0, 0.1) is 0 Å². The summed E-state index contributed by atoms with van der Waals surface area (Å²) in [5.41, 5.74) is 5.98. The number of ether oxygens (including phenoxy) is 1. The van der Waals surface area contributed by atoms with Crippen molar-refractivity contribution in [2.45, 2.75) is 12.5 Å². The first kappa shape index (κ1) is 11.6. The summed E-state index contributed by atoms with van der Waals surface area (Å²) in [6, 6.07) is 9.56. The van der Waals surface area contributed by atoms with Gasteiger partial charge >= 0.3 is 0 Å². The zero-order chi connectivity index (χ0) is 12.1. The van der Waals surface area contributed by atoms with E-state index in [2.05, 4.69) is 10.1 Å². The Morgan fingerprint density at radius 1 is 1.35 bits per heavy atom. The highest BCUT2D eigenvalue weighted by Gasteiger charge is 2.09. The van der Waals surface area contributed by atoms with Crippen LogP contribution in [0.1, 0.15) is 5.82 Å². The molecule has 0 fully saturated rings. The van der Waals surface area contributed by atoms with E-state index in [-0.39, 0.29) is 6.04 Å². The molecule has 0 saturated carbocycles. The van der Waals surface area contributed by atoms with Gasteiger partial charge in [-0.3, -0.25) is 4.68 Å². The van der Waals surface area contributed by atoms with E-state index in [1.807, 2.05) is 37.4 Å². The number of hydrogen-bond donors (Lipinski definition) is 1. The molecule has 1 aromatic heterocycles. The molecule has 1 unspecified atom stereocenters. The first-order chi connectivity index (χ1) is 8.25. The van der Waals surface area contributed by atoms with Crippen molar-refractivity contribution in [3.05, 3.63) is 42.5 Å². The molecular weight excluding hydrogens is 216 g/mol. The minimum Gasteiger partial charge on any atom is -0.492 e. The van der Waals surface area contributed by atoms with Gasteiger partial charge < -0.3 is 10.5 Å². The lowest BCUT2D eigenvalue weighted by Gasteiger charge is -2.12. The fourth-order valence-electron chi connectivity index (χ4n) is 1.52. The first-order valence-corrected chi connectivity index (χ1v) is 5.52. The number of aromatic nitrogens is 3. The maximum absolute atomic E-state index is 5.98. The minimum absolute atomic E-state index is 0.0851. The summed E-state index contributed by atoms with van der Waals surface area (Å²) in [7, 11) is 1.85. The number of hydrogen-bond acceptors (Lipinski definition) is 4. The van der Waals surface area contributed by atoms with Crippen molar-refractivity contribution in [2.75, 3.05) is 6.61 Å². The third kappa shape index (κ3) is 3.29. The molecule has 0 spiro atoms.